The third-order valence-corrected chi connectivity index (χ3v) is 2.59. The van der Waals surface area contributed by atoms with Gasteiger partial charge in [-0.15, -0.1) is 0 Å². The van der Waals surface area contributed by atoms with Crippen LogP contribution in [0.3, 0.4) is 0 Å². The minimum Gasteiger partial charge on any atom is -0.508 e. The van der Waals surface area contributed by atoms with Crippen molar-refractivity contribution in [2.24, 2.45) is 0 Å². The van der Waals surface area contributed by atoms with Gasteiger partial charge in [0.25, 0.3) is 0 Å². The minimum atomic E-state index is -0.186. The first-order valence-electron chi connectivity index (χ1n) is 5.49. The Labute approximate surface area is 104 Å². The average molecular weight is 246 g/mol. The van der Waals surface area contributed by atoms with E-state index in [1.54, 1.807) is 19.1 Å². The van der Waals surface area contributed by atoms with Crippen LogP contribution >= 0.6 is 0 Å². The highest BCUT2D eigenvalue weighted by Gasteiger charge is 2.08. The number of phenolic OH excluding ortho intramolecular Hbond substituents is 1. The van der Waals surface area contributed by atoms with E-state index in [4.69, 9.17) is 0 Å². The van der Waals surface area contributed by atoms with E-state index in [0.717, 1.165) is 11.1 Å². The summed E-state index contributed by atoms with van der Waals surface area (Å²) in [7, 11) is 0. The van der Waals surface area contributed by atoms with Gasteiger partial charge in [-0.1, -0.05) is 0 Å². The molecule has 94 valence electrons. The number of anilines is 1. The fourth-order valence-corrected chi connectivity index (χ4v) is 1.59. The van der Waals surface area contributed by atoms with Crippen molar-refractivity contribution in [2.45, 2.75) is 20.4 Å². The molecular weight excluding hydrogens is 232 g/mol. The number of aromatic hydroxyl groups is 1. The second-order valence-electron chi connectivity index (χ2n) is 4.09. The van der Waals surface area contributed by atoms with Crippen molar-refractivity contribution in [1.82, 2.24) is 14.8 Å². The Morgan fingerprint density at radius 3 is 2.83 bits per heavy atom. The van der Waals surface area contributed by atoms with E-state index in [2.05, 4.69) is 15.4 Å². The van der Waals surface area contributed by atoms with Gasteiger partial charge in [0.15, 0.2) is 0 Å². The second-order valence-corrected chi connectivity index (χ2v) is 4.09. The second kappa shape index (κ2) is 4.87. The number of nitrogens with zero attached hydrogens (tertiary/aromatic N) is 3. The molecule has 0 bridgehead atoms. The molecular formula is C12H14N4O2. The number of carbonyl (C=O) groups excluding carboxylic acids is 1. The molecule has 0 spiro atoms. The van der Waals surface area contributed by atoms with Crippen molar-refractivity contribution in [1.29, 1.82) is 0 Å². The van der Waals surface area contributed by atoms with E-state index in [9.17, 15) is 9.90 Å². The third-order valence-electron chi connectivity index (χ3n) is 2.59. The maximum Gasteiger partial charge on any atom is 0.246 e. The van der Waals surface area contributed by atoms with Crippen molar-refractivity contribution in [3.63, 3.8) is 0 Å². The number of aryl methyl sites for hydroxylation is 2. The van der Waals surface area contributed by atoms with Crippen LogP contribution in [-0.2, 0) is 11.3 Å². The zero-order chi connectivity index (χ0) is 13.1. The molecule has 0 radical (unpaired) electrons. The van der Waals surface area contributed by atoms with Crippen LogP contribution in [0.15, 0.2) is 24.8 Å². The first-order chi connectivity index (χ1) is 8.56. The van der Waals surface area contributed by atoms with Gasteiger partial charge in [-0.2, -0.15) is 5.10 Å². The van der Waals surface area contributed by atoms with E-state index < -0.39 is 0 Å². The number of nitrogens with one attached hydrogen (secondary N) is 1. The zero-order valence-electron chi connectivity index (χ0n) is 10.2. The molecule has 0 fully saturated rings. The van der Waals surface area contributed by atoms with Crippen molar-refractivity contribution < 1.29 is 9.90 Å². The molecule has 0 saturated carbocycles. The van der Waals surface area contributed by atoms with Gasteiger partial charge in [0.05, 0.1) is 0 Å². The molecule has 0 aliphatic heterocycles. The standard InChI is InChI=1S/C12H14N4O2/c1-8-4-11(17)9(2)3-10(8)15-12(18)5-16-7-13-6-14-16/h3-4,6-7,17H,5H2,1-2H3,(H,15,18). The monoisotopic (exact) mass is 246 g/mol. The van der Waals surface area contributed by atoms with Crippen molar-refractivity contribution in [3.05, 3.63) is 35.9 Å². The summed E-state index contributed by atoms with van der Waals surface area (Å²) in [6.45, 7) is 3.71. The molecule has 6 heteroatoms. The summed E-state index contributed by atoms with van der Waals surface area (Å²) >= 11 is 0. The maximum absolute atomic E-state index is 11.8. The molecule has 18 heavy (non-hydrogen) atoms. The van der Waals surface area contributed by atoms with Crippen LogP contribution in [0.25, 0.3) is 0 Å². The molecule has 1 aromatic carbocycles. The Morgan fingerprint density at radius 1 is 1.39 bits per heavy atom. The molecule has 2 N–H and O–H groups in total. The molecule has 0 unspecified atom stereocenters. The lowest BCUT2D eigenvalue weighted by atomic mass is 10.1. The number of phenols is 1. The molecule has 2 aromatic rings. The van der Waals surface area contributed by atoms with Crippen LogP contribution in [0.1, 0.15) is 11.1 Å². The smallest absolute Gasteiger partial charge is 0.246 e. The predicted molar refractivity (Wildman–Crippen MR) is 66.2 cm³/mol. The lowest BCUT2D eigenvalue weighted by Gasteiger charge is -2.10. The van der Waals surface area contributed by atoms with E-state index in [-0.39, 0.29) is 18.2 Å². The summed E-state index contributed by atoms with van der Waals surface area (Å²) in [5.41, 5.74) is 2.22. The lowest BCUT2D eigenvalue weighted by Crippen LogP contribution is -2.19. The first kappa shape index (κ1) is 12.1. The summed E-state index contributed by atoms with van der Waals surface area (Å²) in [5.74, 6) is 0.0375. The van der Waals surface area contributed by atoms with Crippen LogP contribution < -0.4 is 5.32 Å². The number of hydrogen-bond acceptors (Lipinski definition) is 4. The fraction of sp³-hybridized carbons (Fsp3) is 0.250. The first-order valence-corrected chi connectivity index (χ1v) is 5.49. The minimum absolute atomic E-state index is 0.110. The summed E-state index contributed by atoms with van der Waals surface area (Å²) in [6, 6.07) is 3.37. The number of rotatable bonds is 3. The van der Waals surface area contributed by atoms with Crippen LogP contribution in [0, 0.1) is 13.8 Å². The number of amides is 1. The zero-order valence-corrected chi connectivity index (χ0v) is 10.2. The van der Waals surface area contributed by atoms with Crippen molar-refractivity contribution in [3.8, 4) is 5.75 Å². The molecule has 0 aliphatic carbocycles. The fourth-order valence-electron chi connectivity index (χ4n) is 1.59. The van der Waals surface area contributed by atoms with Gasteiger partial charge in [-0.3, -0.25) is 4.79 Å². The van der Waals surface area contributed by atoms with Gasteiger partial charge in [0.2, 0.25) is 5.91 Å². The number of carbonyl (C=O) groups is 1. The molecule has 2 rings (SSSR count). The number of benzene rings is 1. The number of hydrogen-bond donors (Lipinski definition) is 2. The summed E-state index contributed by atoms with van der Waals surface area (Å²) in [5, 5.41) is 16.2. The molecule has 1 heterocycles. The molecule has 0 aliphatic rings. The molecule has 1 aromatic heterocycles. The molecule has 6 nitrogen and oxygen atoms in total. The Kier molecular flexibility index (Phi) is 3.27. The van der Waals surface area contributed by atoms with Gasteiger partial charge in [-0.05, 0) is 37.1 Å². The van der Waals surface area contributed by atoms with E-state index in [0.29, 0.717) is 5.69 Å². The van der Waals surface area contributed by atoms with Crippen LogP contribution in [0.2, 0.25) is 0 Å². The summed E-state index contributed by atoms with van der Waals surface area (Å²) in [6.07, 6.45) is 2.86. The molecule has 1 amide bonds. The van der Waals surface area contributed by atoms with Gasteiger partial charge in [0.1, 0.15) is 24.9 Å². The quantitative estimate of drug-likeness (QED) is 0.798. The van der Waals surface area contributed by atoms with Gasteiger partial charge in [0, 0.05) is 5.69 Å². The summed E-state index contributed by atoms with van der Waals surface area (Å²) < 4.78 is 1.44. The SMILES string of the molecule is Cc1cc(NC(=O)Cn2cncn2)c(C)cc1O. The van der Waals surface area contributed by atoms with E-state index in [1.807, 2.05) is 6.92 Å². The van der Waals surface area contributed by atoms with Gasteiger partial charge in [-0.25, -0.2) is 9.67 Å². The average Bonchev–Trinajstić information content (AvgIpc) is 2.78. The van der Waals surface area contributed by atoms with E-state index >= 15 is 0 Å². The summed E-state index contributed by atoms with van der Waals surface area (Å²) in [4.78, 5) is 15.5. The molecule has 0 saturated heterocycles. The Morgan fingerprint density at radius 2 is 2.17 bits per heavy atom. The lowest BCUT2D eigenvalue weighted by molar-refractivity contribution is -0.116. The highest BCUT2D eigenvalue weighted by Crippen LogP contribution is 2.24. The molecule has 0 atom stereocenters. The highest BCUT2D eigenvalue weighted by atomic mass is 16.3. The predicted octanol–water partition coefficient (Wildman–Crippen LogP) is 1.24. The highest BCUT2D eigenvalue weighted by molar-refractivity contribution is 5.91. The van der Waals surface area contributed by atoms with E-state index in [1.165, 1.54) is 17.3 Å². The topological polar surface area (TPSA) is 80.0 Å². The third kappa shape index (κ3) is 2.65. The van der Waals surface area contributed by atoms with Crippen molar-refractivity contribution in [2.75, 3.05) is 5.32 Å². The largest absolute Gasteiger partial charge is 0.508 e. The van der Waals surface area contributed by atoms with Crippen LogP contribution in [0.4, 0.5) is 5.69 Å². The Balaban J connectivity index is 2.09. The normalized spacial score (nSPS) is 10.3. The van der Waals surface area contributed by atoms with Crippen molar-refractivity contribution >= 4 is 11.6 Å². The van der Waals surface area contributed by atoms with Gasteiger partial charge >= 0.3 is 0 Å². The van der Waals surface area contributed by atoms with Gasteiger partial charge < -0.3 is 10.4 Å². The van der Waals surface area contributed by atoms with Crippen LogP contribution in [-0.4, -0.2) is 25.8 Å². The Hall–Kier alpha value is -2.37. The Bertz CT molecular complexity index is 564. The van der Waals surface area contributed by atoms with Crippen LogP contribution in [0.5, 0.6) is 5.75 Å². The number of aromatic nitrogens is 3. The maximum atomic E-state index is 11.8.